The second-order valence-electron chi connectivity index (χ2n) is 4.71. The van der Waals surface area contributed by atoms with E-state index in [1.165, 1.54) is 4.88 Å². The number of rotatable bonds is 6. The summed E-state index contributed by atoms with van der Waals surface area (Å²) in [7, 11) is 0. The highest BCUT2D eigenvalue weighted by molar-refractivity contribution is 7.10. The number of guanidine groups is 1. The third-order valence-electron chi connectivity index (χ3n) is 2.57. The van der Waals surface area contributed by atoms with E-state index in [-0.39, 0.29) is 12.0 Å². The number of aliphatic imine (C=N–C) groups is 1. The molecule has 0 amide bonds. The number of nitrogens with zero attached hydrogens (tertiary/aromatic N) is 1. The first-order chi connectivity index (χ1) is 8.60. The number of aliphatic hydroxyl groups is 1. The second-order valence-corrected chi connectivity index (χ2v) is 5.65. The van der Waals surface area contributed by atoms with Crippen LogP contribution in [0.4, 0.5) is 0 Å². The lowest BCUT2D eigenvalue weighted by atomic mass is 9.92. The van der Waals surface area contributed by atoms with Gasteiger partial charge in [-0.3, -0.25) is 4.99 Å². The Hall–Kier alpha value is -1.07. The molecule has 0 aliphatic carbocycles. The lowest BCUT2D eigenvalue weighted by molar-refractivity contribution is 0.300. The van der Waals surface area contributed by atoms with Crippen molar-refractivity contribution in [2.45, 2.75) is 26.2 Å². The van der Waals surface area contributed by atoms with Crippen molar-refractivity contribution in [3.8, 4) is 0 Å². The number of thiophene rings is 1. The zero-order chi connectivity index (χ0) is 13.4. The van der Waals surface area contributed by atoms with Gasteiger partial charge in [-0.25, -0.2) is 0 Å². The van der Waals surface area contributed by atoms with E-state index in [1.54, 1.807) is 11.3 Å². The van der Waals surface area contributed by atoms with Crippen LogP contribution in [0.15, 0.2) is 22.5 Å². The van der Waals surface area contributed by atoms with E-state index < -0.39 is 0 Å². The third kappa shape index (κ3) is 4.66. The van der Waals surface area contributed by atoms with Crippen LogP contribution in [0.2, 0.25) is 0 Å². The van der Waals surface area contributed by atoms with E-state index in [4.69, 9.17) is 5.11 Å². The minimum absolute atomic E-state index is 0.0374. The Bertz CT molecular complexity index is 360. The van der Waals surface area contributed by atoms with Crippen LogP contribution < -0.4 is 10.6 Å². The summed E-state index contributed by atoms with van der Waals surface area (Å²) in [5.74, 6) is 0.760. The molecule has 1 aromatic rings. The zero-order valence-corrected chi connectivity index (χ0v) is 12.2. The maximum absolute atomic E-state index is 8.82. The minimum Gasteiger partial charge on any atom is -0.395 e. The SMILES string of the molecule is CCNC(=NCC(C)(C)c1cccs1)NCCO. The van der Waals surface area contributed by atoms with Crippen molar-refractivity contribution in [1.29, 1.82) is 0 Å². The quantitative estimate of drug-likeness (QED) is 0.543. The Labute approximate surface area is 113 Å². The number of hydrogen-bond donors (Lipinski definition) is 3. The van der Waals surface area contributed by atoms with Crippen molar-refractivity contribution >= 4 is 17.3 Å². The van der Waals surface area contributed by atoms with Crippen molar-refractivity contribution < 1.29 is 5.11 Å². The van der Waals surface area contributed by atoms with Gasteiger partial charge < -0.3 is 15.7 Å². The summed E-state index contributed by atoms with van der Waals surface area (Å²) in [6, 6.07) is 4.22. The highest BCUT2D eigenvalue weighted by atomic mass is 32.1. The highest BCUT2D eigenvalue weighted by Gasteiger charge is 2.21. The van der Waals surface area contributed by atoms with Crippen LogP contribution >= 0.6 is 11.3 Å². The predicted octanol–water partition coefficient (Wildman–Crippen LogP) is 1.57. The molecule has 1 heterocycles. The van der Waals surface area contributed by atoms with Crippen LogP contribution in [0.25, 0.3) is 0 Å². The fourth-order valence-corrected chi connectivity index (χ4v) is 2.38. The summed E-state index contributed by atoms with van der Waals surface area (Å²) in [6.07, 6.45) is 0. The third-order valence-corrected chi connectivity index (χ3v) is 3.80. The summed E-state index contributed by atoms with van der Waals surface area (Å²) in [4.78, 5) is 5.91. The van der Waals surface area contributed by atoms with Crippen molar-refractivity contribution in [1.82, 2.24) is 10.6 Å². The van der Waals surface area contributed by atoms with Crippen LogP contribution in [-0.4, -0.2) is 37.3 Å². The molecular formula is C13H23N3OS. The molecule has 102 valence electrons. The monoisotopic (exact) mass is 269 g/mol. The van der Waals surface area contributed by atoms with Gasteiger partial charge in [0.15, 0.2) is 5.96 Å². The molecule has 0 aliphatic heterocycles. The molecule has 0 spiro atoms. The summed E-state index contributed by atoms with van der Waals surface area (Å²) < 4.78 is 0. The van der Waals surface area contributed by atoms with Crippen LogP contribution in [-0.2, 0) is 5.41 Å². The standard InChI is InChI=1S/C13H23N3OS/c1-4-14-12(15-7-8-17)16-10-13(2,3)11-6-5-9-18-11/h5-6,9,17H,4,7-8,10H2,1-3H3,(H2,14,15,16). The average Bonchev–Trinajstić information content (AvgIpc) is 2.87. The largest absolute Gasteiger partial charge is 0.395 e. The topological polar surface area (TPSA) is 56.7 Å². The molecule has 0 bridgehead atoms. The van der Waals surface area contributed by atoms with Gasteiger partial charge in [0.1, 0.15) is 0 Å². The molecule has 4 nitrogen and oxygen atoms in total. The fourth-order valence-electron chi connectivity index (χ4n) is 1.53. The number of aliphatic hydroxyl groups excluding tert-OH is 1. The Morgan fingerprint density at radius 1 is 1.44 bits per heavy atom. The molecule has 0 aliphatic rings. The van der Waals surface area contributed by atoms with Gasteiger partial charge in [-0.2, -0.15) is 0 Å². The van der Waals surface area contributed by atoms with Gasteiger partial charge in [0.25, 0.3) is 0 Å². The van der Waals surface area contributed by atoms with Gasteiger partial charge in [-0.05, 0) is 18.4 Å². The van der Waals surface area contributed by atoms with Crippen LogP contribution in [0, 0.1) is 0 Å². The maximum atomic E-state index is 8.82. The zero-order valence-electron chi connectivity index (χ0n) is 11.4. The van der Waals surface area contributed by atoms with E-state index in [0.717, 1.165) is 12.5 Å². The minimum atomic E-state index is 0.0374. The van der Waals surface area contributed by atoms with Gasteiger partial charge in [0, 0.05) is 23.4 Å². The van der Waals surface area contributed by atoms with Gasteiger partial charge in [-0.15, -0.1) is 11.3 Å². The fraction of sp³-hybridized carbons (Fsp3) is 0.615. The molecule has 0 unspecified atom stereocenters. The molecule has 0 fully saturated rings. The van der Waals surface area contributed by atoms with Crippen molar-refractivity contribution in [3.05, 3.63) is 22.4 Å². The Kier molecular flexibility index (Phi) is 6.15. The number of hydrogen-bond acceptors (Lipinski definition) is 3. The molecule has 3 N–H and O–H groups in total. The highest BCUT2D eigenvalue weighted by Crippen LogP contribution is 2.27. The lowest BCUT2D eigenvalue weighted by Gasteiger charge is -2.21. The molecule has 1 aromatic heterocycles. The molecular weight excluding hydrogens is 246 g/mol. The van der Waals surface area contributed by atoms with Crippen LogP contribution in [0.1, 0.15) is 25.6 Å². The normalized spacial score (nSPS) is 12.6. The molecule has 1 rings (SSSR count). The van der Waals surface area contributed by atoms with E-state index in [2.05, 4.69) is 47.0 Å². The predicted molar refractivity (Wildman–Crippen MR) is 78.4 cm³/mol. The van der Waals surface area contributed by atoms with Crippen molar-refractivity contribution in [3.63, 3.8) is 0 Å². The van der Waals surface area contributed by atoms with Crippen LogP contribution in [0.3, 0.4) is 0 Å². The molecule has 0 radical (unpaired) electrons. The Morgan fingerprint density at radius 2 is 2.22 bits per heavy atom. The summed E-state index contributed by atoms with van der Waals surface area (Å²) in [5.41, 5.74) is 0.0374. The second kappa shape index (κ2) is 7.38. The first-order valence-corrected chi connectivity index (χ1v) is 7.15. The van der Waals surface area contributed by atoms with Crippen LogP contribution in [0.5, 0.6) is 0 Å². The van der Waals surface area contributed by atoms with Crippen molar-refractivity contribution in [2.24, 2.45) is 4.99 Å². The molecule has 0 saturated heterocycles. The summed E-state index contributed by atoms with van der Waals surface area (Å²) in [6.45, 7) is 8.57. The number of nitrogens with one attached hydrogen (secondary N) is 2. The lowest BCUT2D eigenvalue weighted by Crippen LogP contribution is -2.39. The molecule has 0 atom stereocenters. The molecule has 18 heavy (non-hydrogen) atoms. The average molecular weight is 269 g/mol. The smallest absolute Gasteiger partial charge is 0.191 e. The van der Waals surface area contributed by atoms with E-state index in [9.17, 15) is 0 Å². The first kappa shape index (κ1) is 15.0. The summed E-state index contributed by atoms with van der Waals surface area (Å²) >= 11 is 1.76. The van der Waals surface area contributed by atoms with E-state index in [0.29, 0.717) is 13.1 Å². The van der Waals surface area contributed by atoms with E-state index in [1.807, 2.05) is 6.92 Å². The van der Waals surface area contributed by atoms with Gasteiger partial charge in [0.05, 0.1) is 13.2 Å². The van der Waals surface area contributed by atoms with Crippen molar-refractivity contribution in [2.75, 3.05) is 26.2 Å². The first-order valence-electron chi connectivity index (χ1n) is 6.27. The molecule has 5 heteroatoms. The Balaban J connectivity index is 2.63. The van der Waals surface area contributed by atoms with Gasteiger partial charge in [-0.1, -0.05) is 19.9 Å². The van der Waals surface area contributed by atoms with Gasteiger partial charge >= 0.3 is 0 Å². The van der Waals surface area contributed by atoms with Gasteiger partial charge in [0.2, 0.25) is 0 Å². The molecule has 0 aromatic carbocycles. The Morgan fingerprint density at radius 3 is 2.78 bits per heavy atom. The van der Waals surface area contributed by atoms with E-state index >= 15 is 0 Å². The summed E-state index contributed by atoms with van der Waals surface area (Å²) in [5, 5.41) is 17.2. The maximum Gasteiger partial charge on any atom is 0.191 e. The molecule has 0 saturated carbocycles.